The van der Waals surface area contributed by atoms with E-state index in [1.165, 1.54) is 4.88 Å². The SMILES string of the molecule is CCCNC(C)c1cnc(C(CC)(CC)OC)s1. The second-order valence-electron chi connectivity index (χ2n) is 4.65. The summed E-state index contributed by atoms with van der Waals surface area (Å²) in [6.07, 6.45) is 5.07. The lowest BCUT2D eigenvalue weighted by molar-refractivity contribution is -0.0218. The average Bonchev–Trinajstić information content (AvgIpc) is 2.89. The molecule has 0 saturated carbocycles. The van der Waals surface area contributed by atoms with E-state index < -0.39 is 0 Å². The molecule has 1 aromatic heterocycles. The van der Waals surface area contributed by atoms with Gasteiger partial charge in [-0.05, 0) is 32.7 Å². The van der Waals surface area contributed by atoms with Gasteiger partial charge in [0.05, 0.1) is 0 Å². The third-order valence-corrected chi connectivity index (χ3v) is 4.94. The number of hydrogen-bond donors (Lipinski definition) is 1. The fourth-order valence-corrected chi connectivity index (χ4v) is 3.34. The molecular formula is C14H26N2OS. The Morgan fingerprint density at radius 2 is 2.06 bits per heavy atom. The van der Waals surface area contributed by atoms with Gasteiger partial charge < -0.3 is 10.1 Å². The van der Waals surface area contributed by atoms with Gasteiger partial charge in [-0.25, -0.2) is 4.98 Å². The van der Waals surface area contributed by atoms with Gasteiger partial charge in [0, 0.05) is 24.2 Å². The van der Waals surface area contributed by atoms with E-state index in [2.05, 4.69) is 38.0 Å². The third kappa shape index (κ3) is 3.31. The molecule has 1 unspecified atom stereocenters. The Kier molecular flexibility index (Phi) is 6.26. The Hall–Kier alpha value is -0.450. The van der Waals surface area contributed by atoms with Crippen LogP contribution in [0.4, 0.5) is 0 Å². The van der Waals surface area contributed by atoms with Gasteiger partial charge >= 0.3 is 0 Å². The summed E-state index contributed by atoms with van der Waals surface area (Å²) < 4.78 is 5.72. The minimum atomic E-state index is -0.201. The van der Waals surface area contributed by atoms with E-state index in [-0.39, 0.29) is 5.60 Å². The number of aromatic nitrogens is 1. The van der Waals surface area contributed by atoms with E-state index in [1.54, 1.807) is 18.4 Å². The summed E-state index contributed by atoms with van der Waals surface area (Å²) in [5.41, 5.74) is -0.201. The maximum absolute atomic E-state index is 5.72. The Labute approximate surface area is 115 Å². The molecule has 1 aromatic rings. The molecule has 0 aliphatic heterocycles. The zero-order valence-corrected chi connectivity index (χ0v) is 13.1. The first-order valence-corrected chi connectivity index (χ1v) is 7.69. The molecule has 0 aliphatic rings. The highest BCUT2D eigenvalue weighted by molar-refractivity contribution is 7.11. The fraction of sp³-hybridized carbons (Fsp3) is 0.786. The molecule has 0 bridgehead atoms. The number of hydrogen-bond acceptors (Lipinski definition) is 4. The van der Waals surface area contributed by atoms with Crippen molar-refractivity contribution in [1.29, 1.82) is 0 Å². The molecule has 1 heterocycles. The Morgan fingerprint density at radius 3 is 2.56 bits per heavy atom. The van der Waals surface area contributed by atoms with Crippen LogP contribution in [0.5, 0.6) is 0 Å². The Balaban J connectivity index is 2.84. The molecule has 0 fully saturated rings. The quantitative estimate of drug-likeness (QED) is 0.778. The molecule has 1 N–H and O–H groups in total. The lowest BCUT2D eigenvalue weighted by Gasteiger charge is -2.27. The number of nitrogens with zero attached hydrogens (tertiary/aromatic N) is 1. The molecule has 0 aromatic carbocycles. The highest BCUT2D eigenvalue weighted by Crippen LogP contribution is 2.36. The van der Waals surface area contributed by atoms with Crippen LogP contribution < -0.4 is 5.32 Å². The van der Waals surface area contributed by atoms with Crippen molar-refractivity contribution in [3.8, 4) is 0 Å². The van der Waals surface area contributed by atoms with Crippen molar-refractivity contribution >= 4 is 11.3 Å². The normalized spacial score (nSPS) is 13.8. The van der Waals surface area contributed by atoms with Gasteiger partial charge in [-0.3, -0.25) is 0 Å². The monoisotopic (exact) mass is 270 g/mol. The molecule has 4 heteroatoms. The Bertz CT molecular complexity index is 339. The zero-order valence-electron chi connectivity index (χ0n) is 12.2. The average molecular weight is 270 g/mol. The summed E-state index contributed by atoms with van der Waals surface area (Å²) in [5, 5.41) is 4.60. The summed E-state index contributed by atoms with van der Waals surface area (Å²) >= 11 is 1.77. The van der Waals surface area contributed by atoms with E-state index in [0.29, 0.717) is 6.04 Å². The van der Waals surface area contributed by atoms with Crippen LogP contribution >= 0.6 is 11.3 Å². The van der Waals surface area contributed by atoms with Crippen molar-refractivity contribution in [2.24, 2.45) is 0 Å². The standard InChI is InChI=1S/C14H26N2OS/c1-6-9-15-11(4)12-10-16-13(18-12)14(7-2,8-3)17-5/h10-11,15H,6-9H2,1-5H3. The van der Waals surface area contributed by atoms with Crippen molar-refractivity contribution in [1.82, 2.24) is 10.3 Å². The predicted octanol–water partition coefficient (Wildman–Crippen LogP) is 3.87. The minimum absolute atomic E-state index is 0.201. The lowest BCUT2D eigenvalue weighted by atomic mass is 9.98. The first-order chi connectivity index (χ1) is 8.63. The smallest absolute Gasteiger partial charge is 0.125 e. The van der Waals surface area contributed by atoms with Crippen LogP contribution in [0.3, 0.4) is 0 Å². The number of ether oxygens (including phenoxy) is 1. The molecule has 0 aliphatic carbocycles. The molecule has 0 spiro atoms. The van der Waals surface area contributed by atoms with Crippen LogP contribution in [-0.4, -0.2) is 18.6 Å². The summed E-state index contributed by atoms with van der Waals surface area (Å²) in [4.78, 5) is 5.88. The fourth-order valence-electron chi connectivity index (χ4n) is 2.09. The topological polar surface area (TPSA) is 34.2 Å². The van der Waals surface area contributed by atoms with E-state index in [0.717, 1.165) is 30.8 Å². The molecule has 1 rings (SSSR count). The largest absolute Gasteiger partial charge is 0.371 e. The van der Waals surface area contributed by atoms with Crippen LogP contribution in [0.15, 0.2) is 6.20 Å². The molecule has 0 radical (unpaired) electrons. The first-order valence-electron chi connectivity index (χ1n) is 6.88. The molecule has 18 heavy (non-hydrogen) atoms. The Morgan fingerprint density at radius 1 is 1.39 bits per heavy atom. The molecule has 3 nitrogen and oxygen atoms in total. The van der Waals surface area contributed by atoms with Gasteiger partial charge in [0.2, 0.25) is 0 Å². The molecule has 104 valence electrons. The van der Waals surface area contributed by atoms with Crippen LogP contribution in [0.1, 0.15) is 62.9 Å². The van der Waals surface area contributed by atoms with Gasteiger partial charge in [-0.1, -0.05) is 20.8 Å². The molecule has 0 saturated heterocycles. The number of rotatable bonds is 8. The van der Waals surface area contributed by atoms with Crippen molar-refractivity contribution < 1.29 is 4.74 Å². The summed E-state index contributed by atoms with van der Waals surface area (Å²) in [5.74, 6) is 0. The van der Waals surface area contributed by atoms with Gasteiger partial charge in [-0.15, -0.1) is 11.3 Å². The highest BCUT2D eigenvalue weighted by Gasteiger charge is 2.31. The number of thiazole rings is 1. The molecule has 0 amide bonds. The van der Waals surface area contributed by atoms with E-state index >= 15 is 0 Å². The van der Waals surface area contributed by atoms with E-state index in [4.69, 9.17) is 4.74 Å². The maximum Gasteiger partial charge on any atom is 0.125 e. The van der Waals surface area contributed by atoms with Gasteiger partial charge in [0.15, 0.2) is 0 Å². The lowest BCUT2D eigenvalue weighted by Crippen LogP contribution is -2.26. The van der Waals surface area contributed by atoms with E-state index in [1.807, 2.05) is 6.20 Å². The third-order valence-electron chi connectivity index (χ3n) is 3.57. The van der Waals surface area contributed by atoms with Gasteiger partial charge in [0.25, 0.3) is 0 Å². The second kappa shape index (κ2) is 7.22. The first kappa shape index (κ1) is 15.6. The zero-order chi connectivity index (χ0) is 13.6. The van der Waals surface area contributed by atoms with Gasteiger partial charge in [-0.2, -0.15) is 0 Å². The number of methoxy groups -OCH3 is 1. The predicted molar refractivity (Wildman–Crippen MR) is 78.1 cm³/mol. The summed E-state index contributed by atoms with van der Waals surface area (Å²) in [7, 11) is 1.78. The highest BCUT2D eigenvalue weighted by atomic mass is 32.1. The summed E-state index contributed by atoms with van der Waals surface area (Å²) in [6.45, 7) is 9.74. The molecular weight excluding hydrogens is 244 g/mol. The van der Waals surface area contributed by atoms with Crippen molar-refractivity contribution in [2.45, 2.75) is 58.6 Å². The van der Waals surface area contributed by atoms with Crippen LogP contribution in [0.2, 0.25) is 0 Å². The van der Waals surface area contributed by atoms with Crippen LogP contribution in [0, 0.1) is 0 Å². The van der Waals surface area contributed by atoms with Crippen molar-refractivity contribution in [3.63, 3.8) is 0 Å². The van der Waals surface area contributed by atoms with Crippen molar-refractivity contribution in [3.05, 3.63) is 16.1 Å². The maximum atomic E-state index is 5.72. The van der Waals surface area contributed by atoms with Crippen LogP contribution in [0.25, 0.3) is 0 Å². The van der Waals surface area contributed by atoms with Crippen molar-refractivity contribution in [2.75, 3.05) is 13.7 Å². The minimum Gasteiger partial charge on any atom is -0.371 e. The second-order valence-corrected chi connectivity index (χ2v) is 5.71. The van der Waals surface area contributed by atoms with Gasteiger partial charge in [0.1, 0.15) is 10.6 Å². The van der Waals surface area contributed by atoms with E-state index in [9.17, 15) is 0 Å². The molecule has 1 atom stereocenters. The number of nitrogens with one attached hydrogen (secondary N) is 1. The summed E-state index contributed by atoms with van der Waals surface area (Å²) in [6, 6.07) is 0.375. The van der Waals surface area contributed by atoms with Crippen LogP contribution in [-0.2, 0) is 10.3 Å².